The maximum atomic E-state index is 4.23. The number of hydrogen-bond donors (Lipinski definition) is 1. The van der Waals surface area contributed by atoms with E-state index in [1.54, 1.807) is 0 Å². The lowest BCUT2D eigenvalue weighted by Gasteiger charge is -2.07. The Hall–Kier alpha value is -1.09. The van der Waals surface area contributed by atoms with Gasteiger partial charge in [-0.1, -0.05) is 25.5 Å². The van der Waals surface area contributed by atoms with Crippen LogP contribution >= 0.6 is 0 Å². The van der Waals surface area contributed by atoms with Gasteiger partial charge >= 0.3 is 0 Å². The van der Waals surface area contributed by atoms with Gasteiger partial charge in [0.25, 0.3) is 0 Å². The monoisotopic (exact) mass is 207 g/mol. The summed E-state index contributed by atoms with van der Waals surface area (Å²) in [6.45, 7) is 10.4. The van der Waals surface area contributed by atoms with Gasteiger partial charge in [0.2, 0.25) is 0 Å². The molecule has 1 rings (SSSR count). The first kappa shape index (κ1) is 12.0. The van der Waals surface area contributed by atoms with Gasteiger partial charge in [0.15, 0.2) is 0 Å². The van der Waals surface area contributed by atoms with Crippen LogP contribution < -0.4 is 5.32 Å². The average Bonchev–Trinajstić information content (AvgIpc) is 2.62. The van der Waals surface area contributed by atoms with Gasteiger partial charge in [-0.05, 0) is 13.8 Å². The summed E-state index contributed by atoms with van der Waals surface area (Å²) in [5, 5.41) is 7.63. The summed E-state index contributed by atoms with van der Waals surface area (Å²) >= 11 is 0. The Morgan fingerprint density at radius 3 is 2.87 bits per heavy atom. The molecule has 0 spiro atoms. The van der Waals surface area contributed by atoms with Crippen LogP contribution in [0.5, 0.6) is 0 Å². The second kappa shape index (κ2) is 5.71. The number of aryl methyl sites for hydroxylation is 1. The van der Waals surface area contributed by atoms with E-state index in [9.17, 15) is 0 Å². The molecule has 3 heteroatoms. The fourth-order valence-corrected chi connectivity index (χ4v) is 1.33. The van der Waals surface area contributed by atoms with Gasteiger partial charge in [0, 0.05) is 30.9 Å². The molecule has 0 saturated carbocycles. The number of rotatable bonds is 5. The third kappa shape index (κ3) is 4.30. The van der Waals surface area contributed by atoms with Crippen molar-refractivity contribution in [2.24, 2.45) is 0 Å². The Bertz CT molecular complexity index is 323. The molecule has 84 valence electrons. The van der Waals surface area contributed by atoms with Gasteiger partial charge in [0.05, 0.1) is 6.20 Å². The summed E-state index contributed by atoms with van der Waals surface area (Å²) in [6, 6.07) is 0.534. The van der Waals surface area contributed by atoms with Crippen molar-refractivity contribution in [3.05, 3.63) is 23.5 Å². The van der Waals surface area contributed by atoms with Gasteiger partial charge in [-0.3, -0.25) is 4.68 Å². The minimum absolute atomic E-state index is 0.534. The largest absolute Gasteiger partial charge is 0.311 e. The lowest BCUT2D eigenvalue weighted by Crippen LogP contribution is -2.24. The SMILES string of the molecule is CCn1cc(/C=C(/C)CNC(C)C)cn1. The van der Waals surface area contributed by atoms with Crippen molar-refractivity contribution in [2.45, 2.75) is 40.3 Å². The van der Waals surface area contributed by atoms with E-state index in [2.05, 4.69) is 50.4 Å². The van der Waals surface area contributed by atoms with Gasteiger partial charge in [-0.2, -0.15) is 5.10 Å². The van der Waals surface area contributed by atoms with Crippen molar-refractivity contribution in [3.8, 4) is 0 Å². The maximum absolute atomic E-state index is 4.23. The molecule has 1 N–H and O–H groups in total. The standard InChI is InChI=1S/C12H21N3/c1-5-15-9-12(8-14-15)6-11(4)7-13-10(2)3/h6,8-10,13H,5,7H2,1-4H3/b11-6-. The first-order chi connectivity index (χ1) is 7.11. The molecule has 0 aliphatic rings. The van der Waals surface area contributed by atoms with Crippen LogP contribution in [0.3, 0.4) is 0 Å². The van der Waals surface area contributed by atoms with Gasteiger partial charge in [-0.15, -0.1) is 0 Å². The molecule has 0 amide bonds. The van der Waals surface area contributed by atoms with Gasteiger partial charge < -0.3 is 5.32 Å². The Morgan fingerprint density at radius 1 is 1.60 bits per heavy atom. The molecule has 0 aromatic carbocycles. The molecule has 0 bridgehead atoms. The van der Waals surface area contributed by atoms with E-state index < -0.39 is 0 Å². The van der Waals surface area contributed by atoms with E-state index in [0.717, 1.165) is 13.1 Å². The topological polar surface area (TPSA) is 29.9 Å². The summed E-state index contributed by atoms with van der Waals surface area (Å²) < 4.78 is 1.94. The molecular formula is C12H21N3. The van der Waals surface area contributed by atoms with Crippen molar-refractivity contribution in [1.29, 1.82) is 0 Å². The first-order valence-corrected chi connectivity index (χ1v) is 5.54. The van der Waals surface area contributed by atoms with Gasteiger partial charge in [0.1, 0.15) is 0 Å². The van der Waals surface area contributed by atoms with Crippen molar-refractivity contribution in [2.75, 3.05) is 6.54 Å². The Morgan fingerprint density at radius 2 is 2.33 bits per heavy atom. The predicted octanol–water partition coefficient (Wildman–Crippen LogP) is 2.30. The highest BCUT2D eigenvalue weighted by molar-refractivity contribution is 5.50. The van der Waals surface area contributed by atoms with Crippen LogP contribution in [0.4, 0.5) is 0 Å². The number of nitrogens with zero attached hydrogens (tertiary/aromatic N) is 2. The first-order valence-electron chi connectivity index (χ1n) is 5.54. The quantitative estimate of drug-likeness (QED) is 0.803. The lowest BCUT2D eigenvalue weighted by atomic mass is 10.2. The molecule has 3 nitrogen and oxygen atoms in total. The van der Waals surface area contributed by atoms with Crippen LogP contribution in [0.25, 0.3) is 6.08 Å². The highest BCUT2D eigenvalue weighted by Gasteiger charge is 1.96. The van der Waals surface area contributed by atoms with E-state index in [0.29, 0.717) is 6.04 Å². The number of hydrogen-bond acceptors (Lipinski definition) is 2. The molecule has 1 aromatic heterocycles. The van der Waals surface area contributed by atoms with Crippen molar-refractivity contribution in [3.63, 3.8) is 0 Å². The lowest BCUT2D eigenvalue weighted by molar-refractivity contribution is 0.623. The van der Waals surface area contributed by atoms with E-state index >= 15 is 0 Å². The Labute approximate surface area is 92.2 Å². The van der Waals surface area contributed by atoms with Crippen LogP contribution in [-0.2, 0) is 6.54 Å². The molecule has 0 aliphatic carbocycles. The molecule has 0 saturated heterocycles. The number of nitrogens with one attached hydrogen (secondary N) is 1. The van der Waals surface area contributed by atoms with Crippen LogP contribution in [0.2, 0.25) is 0 Å². The summed E-state index contributed by atoms with van der Waals surface area (Å²) in [7, 11) is 0. The van der Waals surface area contributed by atoms with Crippen molar-refractivity contribution in [1.82, 2.24) is 15.1 Å². The minimum atomic E-state index is 0.534. The molecule has 1 aromatic rings. The summed E-state index contributed by atoms with van der Waals surface area (Å²) in [4.78, 5) is 0. The summed E-state index contributed by atoms with van der Waals surface area (Å²) in [5.74, 6) is 0. The van der Waals surface area contributed by atoms with E-state index in [4.69, 9.17) is 0 Å². The number of aromatic nitrogens is 2. The molecule has 15 heavy (non-hydrogen) atoms. The molecule has 0 atom stereocenters. The molecule has 1 heterocycles. The highest BCUT2D eigenvalue weighted by Crippen LogP contribution is 2.05. The van der Waals surface area contributed by atoms with Crippen molar-refractivity contribution >= 4 is 6.08 Å². The third-order valence-electron chi connectivity index (χ3n) is 2.18. The second-order valence-electron chi connectivity index (χ2n) is 4.16. The predicted molar refractivity (Wildman–Crippen MR) is 64.7 cm³/mol. The van der Waals surface area contributed by atoms with Crippen LogP contribution in [0.1, 0.15) is 33.3 Å². The smallest absolute Gasteiger partial charge is 0.0562 e. The minimum Gasteiger partial charge on any atom is -0.311 e. The molecule has 0 unspecified atom stereocenters. The van der Waals surface area contributed by atoms with E-state index in [1.807, 2.05) is 10.9 Å². The van der Waals surface area contributed by atoms with Crippen molar-refractivity contribution < 1.29 is 0 Å². The van der Waals surface area contributed by atoms with Crippen LogP contribution in [-0.4, -0.2) is 22.4 Å². The zero-order valence-electron chi connectivity index (χ0n) is 10.1. The average molecular weight is 207 g/mol. The zero-order valence-corrected chi connectivity index (χ0v) is 10.1. The molecule has 0 radical (unpaired) electrons. The zero-order chi connectivity index (χ0) is 11.3. The van der Waals surface area contributed by atoms with E-state index in [-0.39, 0.29) is 0 Å². The van der Waals surface area contributed by atoms with Crippen LogP contribution in [0.15, 0.2) is 18.0 Å². The maximum Gasteiger partial charge on any atom is 0.0562 e. The molecule has 0 fully saturated rings. The fourth-order valence-electron chi connectivity index (χ4n) is 1.33. The Balaban J connectivity index is 2.53. The summed E-state index contributed by atoms with van der Waals surface area (Å²) in [6.07, 6.45) is 6.15. The Kier molecular flexibility index (Phi) is 4.56. The molecular weight excluding hydrogens is 186 g/mol. The summed E-state index contributed by atoms with van der Waals surface area (Å²) in [5.41, 5.74) is 2.51. The normalized spacial score (nSPS) is 12.5. The second-order valence-corrected chi connectivity index (χ2v) is 4.16. The van der Waals surface area contributed by atoms with E-state index in [1.165, 1.54) is 11.1 Å². The third-order valence-corrected chi connectivity index (χ3v) is 2.18. The fraction of sp³-hybridized carbons (Fsp3) is 0.583. The molecule has 0 aliphatic heterocycles. The van der Waals surface area contributed by atoms with Crippen LogP contribution in [0, 0.1) is 0 Å². The van der Waals surface area contributed by atoms with Gasteiger partial charge in [-0.25, -0.2) is 0 Å². The highest BCUT2D eigenvalue weighted by atomic mass is 15.3.